The van der Waals surface area contributed by atoms with Gasteiger partial charge in [-0.2, -0.15) is 0 Å². The highest BCUT2D eigenvalue weighted by Gasteiger charge is 2.34. The van der Waals surface area contributed by atoms with Crippen molar-refractivity contribution in [3.8, 4) is 0 Å². The van der Waals surface area contributed by atoms with E-state index in [-0.39, 0.29) is 30.0 Å². The molecule has 0 bridgehead atoms. The molecule has 0 aromatic heterocycles. The van der Waals surface area contributed by atoms with Crippen LogP contribution < -0.4 is 5.32 Å². The molecular formula is C24H18N2O4. The molecule has 3 amide bonds. The van der Waals surface area contributed by atoms with Crippen LogP contribution in [0.4, 0.5) is 5.69 Å². The number of carbonyl (C=O) groups excluding carboxylic acids is 4. The molecule has 3 aromatic rings. The molecule has 0 fully saturated rings. The van der Waals surface area contributed by atoms with Crippen LogP contribution in [0.15, 0.2) is 72.8 Å². The highest BCUT2D eigenvalue weighted by Crippen LogP contribution is 2.24. The van der Waals surface area contributed by atoms with E-state index in [9.17, 15) is 19.2 Å². The molecule has 4 rings (SSSR count). The number of carbonyl (C=O) groups is 4. The molecule has 0 spiro atoms. The number of imide groups is 1. The summed E-state index contributed by atoms with van der Waals surface area (Å²) >= 11 is 0. The quantitative estimate of drug-likeness (QED) is 0.521. The van der Waals surface area contributed by atoms with Crippen molar-refractivity contribution in [3.63, 3.8) is 0 Å². The first-order chi connectivity index (χ1) is 14.4. The number of ketones is 1. The average molecular weight is 398 g/mol. The molecule has 1 heterocycles. The van der Waals surface area contributed by atoms with Gasteiger partial charge in [-0.3, -0.25) is 24.1 Å². The van der Waals surface area contributed by atoms with Crippen LogP contribution in [0.5, 0.6) is 0 Å². The number of hydrogen-bond donors (Lipinski definition) is 1. The average Bonchev–Trinajstić information content (AvgIpc) is 2.99. The maximum Gasteiger partial charge on any atom is 0.261 e. The molecule has 3 aromatic carbocycles. The molecule has 6 nitrogen and oxygen atoms in total. The van der Waals surface area contributed by atoms with Crippen LogP contribution in [0.2, 0.25) is 0 Å². The Balaban J connectivity index is 1.51. The van der Waals surface area contributed by atoms with Gasteiger partial charge in [-0.05, 0) is 48.9 Å². The zero-order valence-corrected chi connectivity index (χ0v) is 16.2. The molecule has 0 radical (unpaired) electrons. The molecule has 0 atom stereocenters. The van der Waals surface area contributed by atoms with E-state index in [1.807, 2.05) is 0 Å². The molecule has 1 N–H and O–H groups in total. The van der Waals surface area contributed by atoms with Gasteiger partial charge in [0.1, 0.15) is 0 Å². The van der Waals surface area contributed by atoms with Gasteiger partial charge in [-0.25, -0.2) is 0 Å². The minimum Gasteiger partial charge on any atom is -0.322 e. The van der Waals surface area contributed by atoms with E-state index in [4.69, 9.17) is 0 Å². The monoisotopic (exact) mass is 398 g/mol. The van der Waals surface area contributed by atoms with Gasteiger partial charge in [0.2, 0.25) is 0 Å². The number of amides is 3. The summed E-state index contributed by atoms with van der Waals surface area (Å²) in [5.41, 5.74) is 2.85. The van der Waals surface area contributed by atoms with Crippen molar-refractivity contribution in [3.05, 3.63) is 101 Å². The number of hydrogen-bond acceptors (Lipinski definition) is 4. The van der Waals surface area contributed by atoms with E-state index in [1.54, 1.807) is 72.8 Å². The number of nitrogens with one attached hydrogen (secondary N) is 1. The topological polar surface area (TPSA) is 83.6 Å². The SMILES string of the molecule is CC(=O)c1cccc(NC(=O)c2cccc(CN3C(=O)c4ccccc4C3=O)c2)c1. The molecule has 1 aliphatic rings. The first-order valence-electron chi connectivity index (χ1n) is 9.40. The summed E-state index contributed by atoms with van der Waals surface area (Å²) in [6.07, 6.45) is 0. The van der Waals surface area contributed by atoms with Crippen LogP contribution in [0.3, 0.4) is 0 Å². The predicted octanol–water partition coefficient (Wildman–Crippen LogP) is 3.94. The maximum absolute atomic E-state index is 12.6. The van der Waals surface area contributed by atoms with Gasteiger partial charge in [0.25, 0.3) is 17.7 Å². The van der Waals surface area contributed by atoms with Gasteiger partial charge in [0.15, 0.2) is 5.78 Å². The third-order valence-electron chi connectivity index (χ3n) is 4.94. The first-order valence-corrected chi connectivity index (χ1v) is 9.40. The summed E-state index contributed by atoms with van der Waals surface area (Å²) in [6, 6.07) is 20.2. The lowest BCUT2D eigenvalue weighted by Crippen LogP contribution is -2.29. The second-order valence-electron chi connectivity index (χ2n) is 7.03. The van der Waals surface area contributed by atoms with Crippen LogP contribution in [-0.4, -0.2) is 28.4 Å². The molecule has 0 saturated carbocycles. The van der Waals surface area contributed by atoms with E-state index in [0.29, 0.717) is 33.5 Å². The lowest BCUT2D eigenvalue weighted by molar-refractivity contribution is 0.0642. The Bertz CT molecular complexity index is 1160. The van der Waals surface area contributed by atoms with Crippen LogP contribution in [0, 0.1) is 0 Å². The van der Waals surface area contributed by atoms with Gasteiger partial charge >= 0.3 is 0 Å². The number of Topliss-reactive ketones (excluding diaryl/α,β-unsaturated/α-hetero) is 1. The van der Waals surface area contributed by atoms with Crippen molar-refractivity contribution in [2.75, 3.05) is 5.32 Å². The van der Waals surface area contributed by atoms with Crippen molar-refractivity contribution in [2.45, 2.75) is 13.5 Å². The third kappa shape index (κ3) is 3.63. The fraction of sp³-hybridized carbons (Fsp3) is 0.0833. The van der Waals surface area contributed by atoms with Crippen LogP contribution in [0.25, 0.3) is 0 Å². The van der Waals surface area contributed by atoms with Gasteiger partial charge in [-0.1, -0.05) is 36.4 Å². The van der Waals surface area contributed by atoms with Gasteiger partial charge in [0, 0.05) is 16.8 Å². The Morgan fingerprint density at radius 2 is 1.43 bits per heavy atom. The zero-order chi connectivity index (χ0) is 21.3. The fourth-order valence-corrected chi connectivity index (χ4v) is 3.40. The van der Waals surface area contributed by atoms with Crippen molar-refractivity contribution in [1.82, 2.24) is 4.90 Å². The number of nitrogens with zero attached hydrogens (tertiary/aromatic N) is 1. The molecule has 148 valence electrons. The van der Waals surface area contributed by atoms with E-state index in [0.717, 1.165) is 0 Å². The van der Waals surface area contributed by atoms with Gasteiger partial charge in [0.05, 0.1) is 17.7 Å². The van der Waals surface area contributed by atoms with Crippen LogP contribution >= 0.6 is 0 Å². The Labute approximate surface area is 173 Å². The molecular weight excluding hydrogens is 380 g/mol. The summed E-state index contributed by atoms with van der Waals surface area (Å²) in [5.74, 6) is -1.12. The predicted molar refractivity (Wildman–Crippen MR) is 111 cm³/mol. The Kier molecular flexibility index (Phi) is 4.98. The number of benzene rings is 3. The Hall–Kier alpha value is -4.06. The summed E-state index contributed by atoms with van der Waals surface area (Å²) in [7, 11) is 0. The van der Waals surface area contributed by atoms with Crippen molar-refractivity contribution >= 4 is 29.2 Å². The minimum absolute atomic E-state index is 0.0767. The van der Waals surface area contributed by atoms with E-state index in [2.05, 4.69) is 5.32 Å². The van der Waals surface area contributed by atoms with Crippen molar-refractivity contribution in [2.24, 2.45) is 0 Å². The van der Waals surface area contributed by atoms with Crippen molar-refractivity contribution in [1.29, 1.82) is 0 Å². The molecule has 0 aliphatic carbocycles. The molecule has 6 heteroatoms. The van der Waals surface area contributed by atoms with E-state index in [1.165, 1.54) is 11.8 Å². The molecule has 0 unspecified atom stereocenters. The molecule has 0 saturated heterocycles. The Morgan fingerprint density at radius 1 is 0.800 bits per heavy atom. The normalized spacial score (nSPS) is 12.6. The summed E-state index contributed by atoms with van der Waals surface area (Å²) in [6.45, 7) is 1.54. The largest absolute Gasteiger partial charge is 0.322 e. The highest BCUT2D eigenvalue weighted by atomic mass is 16.2. The smallest absolute Gasteiger partial charge is 0.261 e. The minimum atomic E-state index is -0.347. The Morgan fingerprint density at radius 3 is 2.10 bits per heavy atom. The first kappa shape index (κ1) is 19.3. The maximum atomic E-state index is 12.6. The zero-order valence-electron chi connectivity index (χ0n) is 16.2. The molecule has 30 heavy (non-hydrogen) atoms. The second-order valence-corrected chi connectivity index (χ2v) is 7.03. The lowest BCUT2D eigenvalue weighted by atomic mass is 10.1. The van der Waals surface area contributed by atoms with Crippen molar-refractivity contribution < 1.29 is 19.2 Å². The van der Waals surface area contributed by atoms with E-state index >= 15 is 0 Å². The third-order valence-corrected chi connectivity index (χ3v) is 4.94. The lowest BCUT2D eigenvalue weighted by Gasteiger charge is -2.14. The van der Waals surface area contributed by atoms with Crippen LogP contribution in [-0.2, 0) is 6.54 Å². The number of rotatable bonds is 5. The van der Waals surface area contributed by atoms with Gasteiger partial charge < -0.3 is 5.32 Å². The summed E-state index contributed by atoms with van der Waals surface area (Å²) < 4.78 is 0. The molecule has 1 aliphatic heterocycles. The number of fused-ring (bicyclic) bond motifs is 1. The second kappa shape index (κ2) is 7.75. The summed E-state index contributed by atoms with van der Waals surface area (Å²) in [5, 5.41) is 2.77. The van der Waals surface area contributed by atoms with Crippen LogP contribution in [0.1, 0.15) is 53.9 Å². The standard InChI is InChI=1S/C24H18N2O4/c1-15(27)17-7-5-9-19(13-17)25-22(28)18-8-4-6-16(12-18)14-26-23(29)20-10-2-3-11-21(20)24(26)30/h2-13H,14H2,1H3,(H,25,28). The highest BCUT2D eigenvalue weighted by molar-refractivity contribution is 6.21. The van der Waals surface area contributed by atoms with Gasteiger partial charge in [-0.15, -0.1) is 0 Å². The van der Waals surface area contributed by atoms with E-state index < -0.39 is 0 Å². The number of anilines is 1. The summed E-state index contributed by atoms with van der Waals surface area (Å²) in [4.78, 5) is 50.5. The fourth-order valence-electron chi connectivity index (χ4n) is 3.40.